The Bertz CT molecular complexity index is 3700. The Morgan fingerprint density at radius 1 is 0.578 bits per heavy atom. The highest BCUT2D eigenvalue weighted by Gasteiger charge is 2.41. The maximum absolute atomic E-state index is 15.7. The molecule has 10 rings (SSSR count). The maximum atomic E-state index is 15.7. The molecule has 4 aromatic heterocycles. The van der Waals surface area contributed by atoms with Gasteiger partial charge >= 0.3 is 11.9 Å². The third kappa shape index (κ3) is 13.7. The van der Waals surface area contributed by atoms with Gasteiger partial charge in [-0.05, 0) is 147 Å². The van der Waals surface area contributed by atoms with Crippen molar-refractivity contribution in [2.75, 3.05) is 20.2 Å². The van der Waals surface area contributed by atoms with Crippen LogP contribution in [0.3, 0.4) is 0 Å². The number of hydrogen-bond acceptors (Lipinski definition) is 9. The van der Waals surface area contributed by atoms with Gasteiger partial charge in [-0.3, -0.25) is 29.1 Å². The average Bonchev–Trinajstić information content (AvgIpc) is 4.27. The van der Waals surface area contributed by atoms with E-state index in [1.165, 1.54) is 53.0 Å². The number of esters is 1. The van der Waals surface area contributed by atoms with Crippen molar-refractivity contribution in [1.29, 1.82) is 0 Å². The third-order valence-corrected chi connectivity index (χ3v) is 14.8. The topological polar surface area (TPSA) is 132 Å². The minimum atomic E-state index is -1.61. The molecule has 0 spiro atoms. The predicted molar refractivity (Wildman–Crippen MR) is 308 cm³/mol. The van der Waals surface area contributed by atoms with E-state index in [1.807, 2.05) is 106 Å². The van der Waals surface area contributed by atoms with E-state index in [2.05, 4.69) is 24.9 Å². The molecular weight excluding hydrogens is 1070 g/mol. The highest BCUT2D eigenvalue weighted by molar-refractivity contribution is 5.87. The fourth-order valence-electron chi connectivity index (χ4n) is 11.1. The van der Waals surface area contributed by atoms with Crippen LogP contribution in [-0.4, -0.2) is 100.0 Å². The van der Waals surface area contributed by atoms with E-state index in [0.29, 0.717) is 18.4 Å². The number of alkyl halides is 2. The first-order valence-electron chi connectivity index (χ1n) is 27.0. The largest absolute Gasteiger partial charge is 0.478 e. The monoisotopic (exact) mass is 1130 g/mol. The SMILES string of the molecule is CC1Cc2cc(-c3ccc(-c4cnn(C)c4)nc3)ccc2C(c2c(F)cc(/C=C/C(=O)O)cc2F)N1CC(C)(C)F.COC(=O)/C=C/c1cc(F)c(C2c3ccc(-c4ccc(-c5cnn(C)c5)nc4)cc3CC(C)N2CC(C)(C)F)c(F)c1. The standard InChI is InChI=1S/C33H33F3N4O2.C32H31F3N4O2/c1-20-12-24-15-22(23-8-10-29(37-16-23)25-17-38-39(4)18-25)7-9-26(24)32(40(20)19-33(2,3)36)31-27(34)13-21(14-28(31)35)6-11-30(41)42-5;1-19-11-23-14-21(22-7-9-28(36-15-22)24-16-37-38(4)17-24)6-8-25(23)31(39(19)18-32(2,3)35)30-26(33)12-20(13-27(30)34)5-10-29(40)41/h6-11,13-18,20,32H,12,19H2,1-5H3;5-10,12-17,19,31H,11,18H2,1-4H3,(H,40,41)/b11-6+;10-5+. The Balaban J connectivity index is 0.000000200. The van der Waals surface area contributed by atoms with E-state index in [9.17, 15) is 14.0 Å². The van der Waals surface area contributed by atoms with Gasteiger partial charge in [0, 0.05) is 110 Å². The summed E-state index contributed by atoms with van der Waals surface area (Å²) < 4.78 is 101. The molecule has 0 saturated heterocycles. The first kappa shape index (κ1) is 59.2. The lowest BCUT2D eigenvalue weighted by Crippen LogP contribution is -2.48. The Labute approximate surface area is 478 Å². The van der Waals surface area contributed by atoms with Crippen LogP contribution in [0.25, 0.3) is 56.9 Å². The summed E-state index contributed by atoms with van der Waals surface area (Å²) in [5.41, 5.74) is 7.04. The van der Waals surface area contributed by atoms with Crippen LogP contribution in [0.4, 0.5) is 26.3 Å². The Kier molecular flexibility index (Phi) is 17.2. The van der Waals surface area contributed by atoms with Crippen LogP contribution in [0, 0.1) is 23.3 Å². The lowest BCUT2D eigenvalue weighted by Gasteiger charge is -2.44. The number of carbonyl (C=O) groups excluding carboxylic acids is 1. The molecule has 83 heavy (non-hydrogen) atoms. The number of carbonyl (C=O) groups is 2. The van der Waals surface area contributed by atoms with Gasteiger partial charge in [-0.25, -0.2) is 35.9 Å². The van der Waals surface area contributed by atoms with Crippen LogP contribution in [0.1, 0.15) is 98.1 Å². The molecule has 0 fully saturated rings. The molecule has 0 amide bonds. The normalized spacial score (nSPS) is 17.5. The predicted octanol–water partition coefficient (Wildman–Crippen LogP) is 13.3. The van der Waals surface area contributed by atoms with E-state index >= 15 is 22.0 Å². The molecule has 0 saturated carbocycles. The zero-order valence-corrected chi connectivity index (χ0v) is 47.5. The number of carboxylic acid groups (broad SMARTS) is 1. The van der Waals surface area contributed by atoms with E-state index in [0.717, 1.165) is 91.8 Å². The number of benzene rings is 4. The quantitative estimate of drug-likeness (QED) is 0.0638. The number of aromatic nitrogens is 6. The molecule has 4 atom stereocenters. The summed E-state index contributed by atoms with van der Waals surface area (Å²) in [6, 6.07) is 21.8. The first-order chi connectivity index (χ1) is 39.3. The number of pyridine rings is 2. The number of hydrogen-bond donors (Lipinski definition) is 1. The summed E-state index contributed by atoms with van der Waals surface area (Å²) in [7, 11) is 4.92. The van der Waals surface area contributed by atoms with E-state index < -0.39 is 58.6 Å². The molecule has 2 aliphatic rings. The van der Waals surface area contributed by atoms with Crippen molar-refractivity contribution in [3.63, 3.8) is 0 Å². The molecular formula is C65H64F6N8O4. The van der Waals surface area contributed by atoms with Gasteiger partial charge in [0.1, 0.15) is 34.6 Å². The number of rotatable bonds is 14. The van der Waals surface area contributed by atoms with Gasteiger partial charge in [0.15, 0.2) is 0 Å². The molecule has 0 bridgehead atoms. The fraction of sp³-hybridized carbons (Fsp3) is 0.292. The summed E-state index contributed by atoms with van der Waals surface area (Å²) in [4.78, 5) is 35.2. The molecule has 2 aliphatic heterocycles. The van der Waals surface area contributed by atoms with Crippen molar-refractivity contribution < 1.29 is 45.8 Å². The molecule has 12 nitrogen and oxygen atoms in total. The lowest BCUT2D eigenvalue weighted by atomic mass is 9.82. The van der Waals surface area contributed by atoms with Crippen LogP contribution in [0.15, 0.2) is 134 Å². The van der Waals surface area contributed by atoms with Gasteiger partial charge in [-0.15, -0.1) is 0 Å². The molecule has 430 valence electrons. The van der Waals surface area contributed by atoms with Crippen LogP contribution >= 0.6 is 0 Å². The highest BCUT2D eigenvalue weighted by Crippen LogP contribution is 2.45. The van der Waals surface area contributed by atoms with Crippen molar-refractivity contribution in [3.8, 4) is 44.8 Å². The number of carboxylic acids is 1. The van der Waals surface area contributed by atoms with Crippen molar-refractivity contribution in [1.82, 2.24) is 39.3 Å². The summed E-state index contributed by atoms with van der Waals surface area (Å²) in [5.74, 6) is -5.04. The zero-order valence-electron chi connectivity index (χ0n) is 47.5. The van der Waals surface area contributed by atoms with Crippen molar-refractivity contribution in [2.45, 2.75) is 89.9 Å². The van der Waals surface area contributed by atoms with Gasteiger partial charge in [0.2, 0.25) is 0 Å². The van der Waals surface area contributed by atoms with Gasteiger partial charge in [0.05, 0.1) is 43.0 Å². The fourth-order valence-corrected chi connectivity index (χ4v) is 11.1. The number of ether oxygens (including phenoxy) is 1. The smallest absolute Gasteiger partial charge is 0.330 e. The molecule has 4 unspecified atom stereocenters. The molecule has 1 N–H and O–H groups in total. The zero-order chi connectivity index (χ0) is 59.7. The summed E-state index contributed by atoms with van der Waals surface area (Å²) in [6.07, 6.45) is 16.4. The number of aryl methyl sites for hydroxylation is 2. The highest BCUT2D eigenvalue weighted by atomic mass is 19.2. The van der Waals surface area contributed by atoms with Gasteiger partial charge in [0.25, 0.3) is 0 Å². The first-order valence-corrected chi connectivity index (χ1v) is 27.0. The molecule has 8 aromatic rings. The maximum Gasteiger partial charge on any atom is 0.330 e. The van der Waals surface area contributed by atoms with Gasteiger partial charge in [-0.1, -0.05) is 48.5 Å². The number of aliphatic carboxylic acids is 1. The van der Waals surface area contributed by atoms with Crippen molar-refractivity contribution in [2.24, 2.45) is 14.1 Å². The van der Waals surface area contributed by atoms with Crippen LogP contribution < -0.4 is 0 Å². The van der Waals surface area contributed by atoms with Crippen LogP contribution in [0.2, 0.25) is 0 Å². The second-order valence-electron chi connectivity index (χ2n) is 22.5. The minimum Gasteiger partial charge on any atom is -0.478 e. The van der Waals surface area contributed by atoms with E-state index in [4.69, 9.17) is 5.11 Å². The number of nitrogens with zero attached hydrogens (tertiary/aromatic N) is 8. The van der Waals surface area contributed by atoms with Gasteiger partial charge in [-0.2, -0.15) is 10.2 Å². The summed E-state index contributed by atoms with van der Waals surface area (Å²) in [6.45, 7) is 9.66. The summed E-state index contributed by atoms with van der Waals surface area (Å²) in [5, 5.41) is 17.3. The molecule has 0 aliphatic carbocycles. The van der Waals surface area contributed by atoms with Crippen LogP contribution in [0.5, 0.6) is 0 Å². The Morgan fingerprint density at radius 2 is 0.964 bits per heavy atom. The molecule has 18 heteroatoms. The van der Waals surface area contributed by atoms with E-state index in [-0.39, 0.29) is 47.4 Å². The third-order valence-electron chi connectivity index (χ3n) is 14.8. The number of halogens is 6. The van der Waals surface area contributed by atoms with E-state index in [1.54, 1.807) is 39.1 Å². The Hall–Kier alpha value is -8.48. The number of methoxy groups -OCH3 is 1. The number of fused-ring (bicyclic) bond motifs is 2. The van der Waals surface area contributed by atoms with Gasteiger partial charge < -0.3 is 9.84 Å². The van der Waals surface area contributed by atoms with Crippen molar-refractivity contribution in [3.05, 3.63) is 202 Å². The Morgan fingerprint density at radius 3 is 1.29 bits per heavy atom. The average molecular weight is 1140 g/mol. The lowest BCUT2D eigenvalue weighted by molar-refractivity contribution is -0.135. The second-order valence-corrected chi connectivity index (χ2v) is 22.5. The molecule has 0 radical (unpaired) electrons. The molecule has 4 aromatic carbocycles. The molecule has 6 heterocycles. The minimum absolute atomic E-state index is 0.0113. The second kappa shape index (κ2) is 24.2. The van der Waals surface area contributed by atoms with Crippen LogP contribution in [-0.2, 0) is 41.3 Å². The summed E-state index contributed by atoms with van der Waals surface area (Å²) >= 11 is 0. The van der Waals surface area contributed by atoms with Crippen molar-refractivity contribution >= 4 is 24.1 Å².